The van der Waals surface area contributed by atoms with Crippen LogP contribution >= 0.6 is 0 Å². The summed E-state index contributed by atoms with van der Waals surface area (Å²) >= 11 is 0. The van der Waals surface area contributed by atoms with Gasteiger partial charge in [-0.05, 0) is 70.6 Å². The molecule has 0 bridgehead atoms. The summed E-state index contributed by atoms with van der Waals surface area (Å²) in [5, 5.41) is 39.7. The summed E-state index contributed by atoms with van der Waals surface area (Å²) in [4.78, 5) is 36.7. The van der Waals surface area contributed by atoms with Crippen LogP contribution < -0.4 is 0 Å². The predicted molar refractivity (Wildman–Crippen MR) is 215 cm³/mol. The number of aliphatic hydroxyl groups excluding tert-OH is 3. The predicted octanol–water partition coefficient (Wildman–Crippen LogP) is 8.59. The summed E-state index contributed by atoms with van der Waals surface area (Å²) < 4.78 is 21.6. The second-order valence-corrected chi connectivity index (χ2v) is 14.4. The summed E-state index contributed by atoms with van der Waals surface area (Å²) in [5.41, 5.74) is 0. The van der Waals surface area contributed by atoms with Gasteiger partial charge in [0, 0.05) is 12.8 Å². The average molecular weight is 779 g/mol. The third-order valence-corrected chi connectivity index (χ3v) is 9.41. The molecule has 11 heteroatoms. The first-order chi connectivity index (χ1) is 26.7. The lowest BCUT2D eigenvalue weighted by molar-refractivity contribution is -0.298. The van der Waals surface area contributed by atoms with E-state index in [9.17, 15) is 34.8 Å². The molecule has 316 valence electrons. The molecule has 4 N–H and O–H groups in total. The van der Waals surface area contributed by atoms with Crippen molar-refractivity contribution in [2.45, 2.75) is 198 Å². The Hall–Kier alpha value is -2.83. The van der Waals surface area contributed by atoms with Gasteiger partial charge in [-0.25, -0.2) is 4.79 Å². The lowest BCUT2D eigenvalue weighted by Gasteiger charge is -2.38. The Morgan fingerprint density at radius 3 is 1.65 bits per heavy atom. The lowest BCUT2D eigenvalue weighted by Crippen LogP contribution is -2.60. The minimum atomic E-state index is -1.87. The molecular weight excluding hydrogens is 704 g/mol. The smallest absolute Gasteiger partial charge is 0.335 e. The summed E-state index contributed by atoms with van der Waals surface area (Å²) in [6.07, 6.45) is 30.3. The van der Waals surface area contributed by atoms with Crippen LogP contribution in [0.4, 0.5) is 0 Å². The number of hydrogen-bond donors (Lipinski definition) is 4. The molecule has 1 aliphatic heterocycles. The Morgan fingerprint density at radius 2 is 1.07 bits per heavy atom. The van der Waals surface area contributed by atoms with Crippen LogP contribution in [0.5, 0.6) is 0 Å². The summed E-state index contributed by atoms with van der Waals surface area (Å²) in [6.45, 7) is 3.65. The highest BCUT2D eigenvalue weighted by atomic mass is 16.7. The molecule has 0 aromatic carbocycles. The number of rotatable bonds is 34. The number of aliphatic hydroxyl groups is 3. The van der Waals surface area contributed by atoms with E-state index >= 15 is 0 Å². The van der Waals surface area contributed by atoms with E-state index in [4.69, 9.17) is 18.9 Å². The second kappa shape index (κ2) is 34.4. The van der Waals surface area contributed by atoms with Crippen molar-refractivity contribution in [3.63, 3.8) is 0 Å². The van der Waals surface area contributed by atoms with E-state index < -0.39 is 61.3 Å². The number of hydrogen-bond acceptors (Lipinski definition) is 10. The molecule has 11 nitrogen and oxygen atoms in total. The Balaban J connectivity index is 2.43. The van der Waals surface area contributed by atoms with Crippen LogP contribution in [-0.2, 0) is 33.3 Å². The molecular formula is C44H74O11. The summed E-state index contributed by atoms with van der Waals surface area (Å²) in [6, 6.07) is 0. The maximum atomic E-state index is 12.7. The zero-order chi connectivity index (χ0) is 40.4. The molecule has 6 atom stereocenters. The molecule has 0 spiro atoms. The average Bonchev–Trinajstić information content (AvgIpc) is 3.17. The van der Waals surface area contributed by atoms with E-state index in [0.29, 0.717) is 12.8 Å². The number of carboxylic acids is 1. The highest BCUT2D eigenvalue weighted by Gasteiger charge is 2.47. The quantitative estimate of drug-likeness (QED) is 0.0280. The molecule has 1 heterocycles. The highest BCUT2D eigenvalue weighted by Crippen LogP contribution is 2.23. The van der Waals surface area contributed by atoms with Crippen molar-refractivity contribution in [1.82, 2.24) is 0 Å². The molecule has 1 fully saturated rings. The normalized spacial score (nSPS) is 20.9. The highest BCUT2D eigenvalue weighted by molar-refractivity contribution is 5.73. The fourth-order valence-electron chi connectivity index (χ4n) is 6.06. The van der Waals surface area contributed by atoms with Crippen LogP contribution in [-0.4, -0.2) is 88.4 Å². The van der Waals surface area contributed by atoms with Gasteiger partial charge in [0.15, 0.2) is 18.5 Å². The van der Waals surface area contributed by atoms with Gasteiger partial charge in [-0.2, -0.15) is 0 Å². The largest absolute Gasteiger partial charge is 0.479 e. The first kappa shape index (κ1) is 50.2. The van der Waals surface area contributed by atoms with Crippen molar-refractivity contribution in [3.8, 4) is 0 Å². The molecule has 55 heavy (non-hydrogen) atoms. The van der Waals surface area contributed by atoms with Crippen molar-refractivity contribution < 1.29 is 53.8 Å². The number of carboxylic acid groups (broad SMARTS) is 1. The van der Waals surface area contributed by atoms with Crippen molar-refractivity contribution in [1.29, 1.82) is 0 Å². The first-order valence-corrected chi connectivity index (χ1v) is 21.2. The van der Waals surface area contributed by atoms with Crippen LogP contribution in [0.25, 0.3) is 0 Å². The van der Waals surface area contributed by atoms with Crippen LogP contribution in [0.2, 0.25) is 0 Å². The van der Waals surface area contributed by atoms with Gasteiger partial charge < -0.3 is 39.4 Å². The van der Waals surface area contributed by atoms with Gasteiger partial charge in [-0.1, -0.05) is 127 Å². The van der Waals surface area contributed by atoms with Crippen molar-refractivity contribution >= 4 is 17.9 Å². The number of carbonyl (C=O) groups is 3. The zero-order valence-corrected chi connectivity index (χ0v) is 33.9. The number of allylic oxidation sites excluding steroid dienone is 8. The standard InChI is InChI=1S/C44H74O11/c1-3-5-7-9-11-13-15-17-18-19-21-23-25-27-29-31-33-38(46)54-36(35-53-44-41(49)39(47)40(48)42(55-44)43(50)51)34-52-37(45)32-30-28-26-24-22-20-16-14-12-10-8-6-4-2/h6,8,12,14,18-20,22,36,39-42,44,47-49H,3-5,7,9-11,13,15-17,21,23-35H2,1-2H3,(H,50,51)/b8-6-,14-12-,19-18-,22-20-. The molecule has 6 unspecified atom stereocenters. The topological polar surface area (TPSA) is 169 Å². The minimum absolute atomic E-state index is 0.165. The van der Waals surface area contributed by atoms with E-state index in [1.54, 1.807) is 0 Å². The SMILES string of the molecule is CC/C=C\C/C=C\C/C=C\CCCCCC(=O)OCC(COC1OC(C(=O)O)C(O)C(O)C1O)OC(=O)CCCCCCC/C=C\CCCCCCCCC. The van der Waals surface area contributed by atoms with Gasteiger partial charge in [0.2, 0.25) is 0 Å². The van der Waals surface area contributed by atoms with Gasteiger partial charge in [-0.15, -0.1) is 0 Å². The number of ether oxygens (including phenoxy) is 4. The maximum absolute atomic E-state index is 12.7. The molecule has 1 aliphatic rings. The number of esters is 2. The Labute approximate surface area is 331 Å². The number of unbranched alkanes of at least 4 members (excludes halogenated alkanes) is 15. The fourth-order valence-corrected chi connectivity index (χ4v) is 6.06. The van der Waals surface area contributed by atoms with Crippen molar-refractivity contribution in [2.24, 2.45) is 0 Å². The number of carbonyl (C=O) groups excluding carboxylic acids is 2. The van der Waals surface area contributed by atoms with E-state index in [1.165, 1.54) is 44.9 Å². The van der Waals surface area contributed by atoms with Crippen LogP contribution in [0.3, 0.4) is 0 Å². The van der Waals surface area contributed by atoms with Crippen LogP contribution in [0.1, 0.15) is 162 Å². The summed E-state index contributed by atoms with van der Waals surface area (Å²) in [7, 11) is 0. The molecule has 0 aromatic heterocycles. The maximum Gasteiger partial charge on any atom is 0.335 e. The molecule has 0 aromatic rings. The Bertz CT molecular complexity index is 1100. The van der Waals surface area contributed by atoms with E-state index in [0.717, 1.165) is 77.0 Å². The Kier molecular flexibility index (Phi) is 31.4. The van der Waals surface area contributed by atoms with Gasteiger partial charge in [0.25, 0.3) is 0 Å². The van der Waals surface area contributed by atoms with Gasteiger partial charge in [0.05, 0.1) is 6.61 Å². The van der Waals surface area contributed by atoms with Crippen molar-refractivity contribution in [3.05, 3.63) is 48.6 Å². The van der Waals surface area contributed by atoms with Crippen molar-refractivity contribution in [2.75, 3.05) is 13.2 Å². The molecule has 0 saturated carbocycles. The summed E-state index contributed by atoms with van der Waals surface area (Å²) in [5.74, 6) is -2.50. The number of aliphatic carboxylic acids is 1. The fraction of sp³-hybridized carbons (Fsp3) is 0.750. The van der Waals surface area contributed by atoms with Gasteiger partial charge >= 0.3 is 17.9 Å². The third-order valence-electron chi connectivity index (χ3n) is 9.41. The molecule has 0 aliphatic carbocycles. The van der Waals surface area contributed by atoms with Gasteiger partial charge in [-0.3, -0.25) is 9.59 Å². The third kappa shape index (κ3) is 26.6. The van der Waals surface area contributed by atoms with Crippen LogP contribution in [0, 0.1) is 0 Å². The molecule has 0 amide bonds. The molecule has 0 radical (unpaired) electrons. The molecule has 1 saturated heterocycles. The monoisotopic (exact) mass is 779 g/mol. The minimum Gasteiger partial charge on any atom is -0.479 e. The Morgan fingerprint density at radius 1 is 0.582 bits per heavy atom. The van der Waals surface area contributed by atoms with E-state index in [2.05, 4.69) is 62.5 Å². The van der Waals surface area contributed by atoms with Gasteiger partial charge in [0.1, 0.15) is 24.9 Å². The second-order valence-electron chi connectivity index (χ2n) is 14.4. The van der Waals surface area contributed by atoms with Crippen LogP contribution in [0.15, 0.2) is 48.6 Å². The van der Waals surface area contributed by atoms with E-state index in [-0.39, 0.29) is 19.4 Å². The molecule has 1 rings (SSSR count). The van der Waals surface area contributed by atoms with E-state index in [1.807, 2.05) is 0 Å². The lowest BCUT2D eigenvalue weighted by atomic mass is 9.99. The first-order valence-electron chi connectivity index (χ1n) is 21.2. The zero-order valence-electron chi connectivity index (χ0n) is 33.9.